The second-order valence-corrected chi connectivity index (χ2v) is 7.19. The van der Waals surface area contributed by atoms with Crippen LogP contribution in [0.5, 0.6) is 0 Å². The van der Waals surface area contributed by atoms with Crippen molar-refractivity contribution < 1.29 is 9.90 Å². The Hall–Kier alpha value is -2.99. The molecule has 5 nitrogen and oxygen atoms in total. The minimum Gasteiger partial charge on any atom is -0.505 e. The molecule has 0 saturated carbocycles. The molecular weight excluding hydrogens is 370 g/mol. The molecule has 28 heavy (non-hydrogen) atoms. The molecule has 144 valence electrons. The Morgan fingerprint density at radius 1 is 1.14 bits per heavy atom. The van der Waals surface area contributed by atoms with Gasteiger partial charge in [-0.05, 0) is 51.1 Å². The van der Waals surface area contributed by atoms with Crippen LogP contribution in [-0.2, 0) is 4.79 Å². The van der Waals surface area contributed by atoms with Crippen molar-refractivity contribution in [1.82, 2.24) is 10.3 Å². The zero-order valence-corrected chi connectivity index (χ0v) is 17.0. The summed E-state index contributed by atoms with van der Waals surface area (Å²) in [5.74, 6) is -0.438. The van der Waals surface area contributed by atoms with Gasteiger partial charge in [0.25, 0.3) is 5.91 Å². The number of nitrogens with zero attached hydrogens (tertiary/aromatic N) is 2. The van der Waals surface area contributed by atoms with E-state index in [-0.39, 0.29) is 17.4 Å². The van der Waals surface area contributed by atoms with Crippen molar-refractivity contribution >= 4 is 35.3 Å². The first-order valence-corrected chi connectivity index (χ1v) is 9.96. The Labute approximate surface area is 169 Å². The van der Waals surface area contributed by atoms with Crippen molar-refractivity contribution in [3.63, 3.8) is 0 Å². The molecule has 1 heterocycles. The molecule has 0 spiro atoms. The Balaban J connectivity index is 2.12. The van der Waals surface area contributed by atoms with Crippen molar-refractivity contribution in [2.24, 2.45) is 5.10 Å². The van der Waals surface area contributed by atoms with E-state index in [1.165, 1.54) is 5.01 Å². The molecule has 1 aliphatic heterocycles. The number of aliphatic hydroxyl groups is 1. The van der Waals surface area contributed by atoms with E-state index in [1.807, 2.05) is 56.3 Å². The highest BCUT2D eigenvalue weighted by Gasteiger charge is 2.33. The molecule has 0 radical (unpaired) electrons. The van der Waals surface area contributed by atoms with Gasteiger partial charge in [0.1, 0.15) is 0 Å². The van der Waals surface area contributed by atoms with E-state index in [2.05, 4.69) is 22.6 Å². The number of aliphatic hydroxyl groups excluding tert-OH is 1. The fourth-order valence-corrected chi connectivity index (χ4v) is 3.93. The average molecular weight is 394 g/mol. The number of allylic oxidation sites excluding steroid dienone is 1. The lowest BCUT2D eigenvalue weighted by Gasteiger charge is -2.31. The third kappa shape index (κ3) is 3.82. The van der Waals surface area contributed by atoms with Gasteiger partial charge >= 0.3 is 0 Å². The Morgan fingerprint density at radius 2 is 1.89 bits per heavy atom. The molecular formula is C22H23N3O2S. The molecule has 0 saturated heterocycles. The third-order valence-corrected chi connectivity index (χ3v) is 5.22. The summed E-state index contributed by atoms with van der Waals surface area (Å²) in [7, 11) is 0. The van der Waals surface area contributed by atoms with Crippen LogP contribution in [0.1, 0.15) is 31.9 Å². The Kier molecular flexibility index (Phi) is 6.21. The van der Waals surface area contributed by atoms with Crippen LogP contribution in [0.25, 0.3) is 11.5 Å². The number of hydrogen-bond acceptors (Lipinski definition) is 5. The molecule has 0 aromatic heterocycles. The van der Waals surface area contributed by atoms with Crippen LogP contribution in [0.15, 0.2) is 75.2 Å². The smallest absolute Gasteiger partial charge is 0.273 e. The number of likely N-dealkylation sites (N-methyl/N-ethyl adjacent to an activating group) is 1. The summed E-state index contributed by atoms with van der Waals surface area (Å²) in [5.41, 5.74) is 2.33. The molecule has 0 fully saturated rings. The van der Waals surface area contributed by atoms with Crippen LogP contribution in [0.2, 0.25) is 0 Å². The lowest BCUT2D eigenvalue weighted by atomic mass is 9.96. The fourth-order valence-electron chi connectivity index (χ4n) is 3.05. The van der Waals surface area contributed by atoms with Gasteiger partial charge < -0.3 is 10.4 Å². The first-order chi connectivity index (χ1) is 13.6. The number of nitrogens with one attached hydrogen (secondary N) is 1. The molecule has 0 bridgehead atoms. The van der Waals surface area contributed by atoms with Crippen LogP contribution < -0.4 is 5.32 Å². The summed E-state index contributed by atoms with van der Waals surface area (Å²) < 4.78 is 0. The van der Waals surface area contributed by atoms with Crippen LogP contribution in [0, 0.1) is 0 Å². The summed E-state index contributed by atoms with van der Waals surface area (Å²) >= 11 is 1.64. The lowest BCUT2D eigenvalue weighted by molar-refractivity contribution is -0.118. The van der Waals surface area contributed by atoms with Gasteiger partial charge in [0.2, 0.25) is 0 Å². The van der Waals surface area contributed by atoms with Gasteiger partial charge in [-0.1, -0.05) is 36.0 Å². The highest BCUT2D eigenvalue weighted by Crippen LogP contribution is 2.40. The first-order valence-electron chi connectivity index (χ1n) is 9.14. The molecule has 2 N–H and O–H groups in total. The summed E-state index contributed by atoms with van der Waals surface area (Å²) in [6.07, 6.45) is 3.50. The maximum absolute atomic E-state index is 12.6. The number of amides is 1. The standard InChI is InChI=1S/C22H23N3O2S/c1-4-19-18-14-16(28-15-10-8-7-9-11-15)12-13-17(18)21(26)20(22(27)23-5-2)25(19)24-6-3/h4,6-14,26H,5H2,1-3H3,(H,23,27)/b19-4+,24-6-. The maximum Gasteiger partial charge on any atom is 0.273 e. The molecule has 0 unspecified atom stereocenters. The molecule has 1 aliphatic rings. The maximum atomic E-state index is 12.6. The summed E-state index contributed by atoms with van der Waals surface area (Å²) in [6.45, 7) is 5.97. The van der Waals surface area contributed by atoms with Crippen molar-refractivity contribution in [2.45, 2.75) is 30.6 Å². The minimum absolute atomic E-state index is 0.0755. The fraction of sp³-hybridized carbons (Fsp3) is 0.182. The quantitative estimate of drug-likeness (QED) is 0.711. The number of carbonyl (C=O) groups is 1. The monoisotopic (exact) mass is 393 g/mol. The summed E-state index contributed by atoms with van der Waals surface area (Å²) in [6, 6.07) is 15.9. The van der Waals surface area contributed by atoms with Crippen LogP contribution in [0.3, 0.4) is 0 Å². The SMILES string of the molecule is C/C=N\N1C(C(=O)NCC)=C(O)c2ccc(Sc3ccccc3)cc2/C1=C\C. The van der Waals surface area contributed by atoms with Crippen molar-refractivity contribution in [2.75, 3.05) is 6.54 Å². The minimum atomic E-state index is -0.363. The number of hydrazone groups is 1. The van der Waals surface area contributed by atoms with Crippen LogP contribution in [0.4, 0.5) is 0 Å². The number of benzene rings is 2. The predicted molar refractivity (Wildman–Crippen MR) is 115 cm³/mol. The lowest BCUT2D eigenvalue weighted by Crippen LogP contribution is -2.35. The van der Waals surface area contributed by atoms with Crippen LogP contribution >= 0.6 is 11.8 Å². The van der Waals surface area contributed by atoms with Gasteiger partial charge in [0.05, 0.1) is 5.70 Å². The Morgan fingerprint density at radius 3 is 2.54 bits per heavy atom. The second kappa shape index (κ2) is 8.80. The first kappa shape index (κ1) is 19.8. The summed E-state index contributed by atoms with van der Waals surface area (Å²) in [5, 5.41) is 19.5. The topological polar surface area (TPSA) is 64.9 Å². The van der Waals surface area contributed by atoms with E-state index in [1.54, 1.807) is 24.9 Å². The molecule has 0 aliphatic carbocycles. The van der Waals surface area contributed by atoms with Gasteiger partial charge in [-0.15, -0.1) is 0 Å². The number of hydrogen-bond donors (Lipinski definition) is 2. The van der Waals surface area contributed by atoms with Gasteiger partial charge in [0, 0.05) is 33.7 Å². The number of rotatable bonds is 5. The van der Waals surface area contributed by atoms with Crippen LogP contribution in [-0.4, -0.2) is 28.8 Å². The van der Waals surface area contributed by atoms with Gasteiger partial charge in [0.15, 0.2) is 11.5 Å². The Bertz CT molecular complexity index is 965. The number of carbonyl (C=O) groups excluding carboxylic acids is 1. The van der Waals surface area contributed by atoms with Crippen molar-refractivity contribution in [3.05, 3.63) is 71.4 Å². The highest BCUT2D eigenvalue weighted by atomic mass is 32.2. The molecule has 2 aromatic rings. The van der Waals surface area contributed by atoms with E-state index < -0.39 is 0 Å². The van der Waals surface area contributed by atoms with Crippen molar-refractivity contribution in [1.29, 1.82) is 0 Å². The van der Waals surface area contributed by atoms with E-state index in [9.17, 15) is 9.90 Å². The average Bonchev–Trinajstić information content (AvgIpc) is 2.69. The zero-order chi connectivity index (χ0) is 20.1. The highest BCUT2D eigenvalue weighted by molar-refractivity contribution is 7.99. The molecule has 3 rings (SSSR count). The molecule has 1 amide bonds. The normalized spacial score (nSPS) is 15.2. The largest absolute Gasteiger partial charge is 0.505 e. The van der Waals surface area contributed by atoms with Gasteiger partial charge in [-0.25, -0.2) is 5.01 Å². The second-order valence-electron chi connectivity index (χ2n) is 6.04. The third-order valence-electron chi connectivity index (χ3n) is 4.22. The van der Waals surface area contributed by atoms with E-state index in [0.717, 1.165) is 21.1 Å². The predicted octanol–water partition coefficient (Wildman–Crippen LogP) is 4.88. The van der Waals surface area contributed by atoms with E-state index in [4.69, 9.17) is 0 Å². The molecule has 6 heteroatoms. The van der Waals surface area contributed by atoms with Gasteiger partial charge in [-0.3, -0.25) is 4.79 Å². The van der Waals surface area contributed by atoms with E-state index in [0.29, 0.717) is 12.1 Å². The van der Waals surface area contributed by atoms with E-state index >= 15 is 0 Å². The van der Waals surface area contributed by atoms with Crippen molar-refractivity contribution in [3.8, 4) is 0 Å². The van der Waals surface area contributed by atoms with Gasteiger partial charge in [-0.2, -0.15) is 5.10 Å². The molecule has 0 atom stereocenters. The zero-order valence-electron chi connectivity index (χ0n) is 16.1. The molecule has 2 aromatic carbocycles. The summed E-state index contributed by atoms with van der Waals surface area (Å²) in [4.78, 5) is 14.8. The number of fused-ring (bicyclic) bond motifs is 1.